The number of nitriles is 3. The first-order chi connectivity index (χ1) is 66.5. The summed E-state index contributed by atoms with van der Waals surface area (Å²) in [7, 11) is 0. The quantitative estimate of drug-likeness (QED) is 0.0487. The molecule has 12 heterocycles. The van der Waals surface area contributed by atoms with Crippen LogP contribution in [0.15, 0.2) is 107 Å². The van der Waals surface area contributed by atoms with Gasteiger partial charge >= 0.3 is 0 Å². The Balaban J connectivity index is 0.000000178. The van der Waals surface area contributed by atoms with Gasteiger partial charge in [-0.3, -0.25) is 57.4 Å². The molecule has 3 N–H and O–H groups in total. The van der Waals surface area contributed by atoms with Gasteiger partial charge in [0.2, 0.25) is 17.7 Å². The summed E-state index contributed by atoms with van der Waals surface area (Å²) in [5.74, 6) is -6.79. The van der Waals surface area contributed by atoms with Crippen LogP contribution in [0, 0.1) is 72.2 Å². The lowest BCUT2D eigenvalue weighted by atomic mass is 10.0. The largest absolute Gasteiger partial charge is 0.506 e. The van der Waals surface area contributed by atoms with E-state index in [0.29, 0.717) is 67.0 Å². The average Bonchev–Trinajstić information content (AvgIpc) is 0.725. The molecule has 0 radical (unpaired) electrons. The molecule has 42 heteroatoms. The highest BCUT2D eigenvalue weighted by Crippen LogP contribution is 2.54. The number of hydrogen-bond donors (Lipinski definition) is 3. The normalized spacial score (nSPS) is 16.6. The van der Waals surface area contributed by atoms with E-state index >= 15 is 8.78 Å². The van der Waals surface area contributed by atoms with Crippen LogP contribution in [0.25, 0.3) is 83.9 Å². The zero-order valence-corrected chi connectivity index (χ0v) is 87.1. The fourth-order valence-electron chi connectivity index (χ4n) is 18.7. The monoisotopic (exact) mass is 2150 g/mol. The van der Waals surface area contributed by atoms with E-state index in [1.165, 1.54) is 50.1 Å². The van der Waals surface area contributed by atoms with Crippen molar-refractivity contribution in [1.82, 2.24) is 58.3 Å². The van der Waals surface area contributed by atoms with Crippen molar-refractivity contribution in [2.45, 2.75) is 158 Å². The lowest BCUT2D eigenvalue weighted by Crippen LogP contribution is -2.58. The minimum absolute atomic E-state index is 0.00676. The Hall–Kier alpha value is -11.6. The summed E-state index contributed by atoms with van der Waals surface area (Å²) in [5, 5.41) is 60.6. The van der Waals surface area contributed by atoms with Crippen molar-refractivity contribution in [2.75, 3.05) is 54.0 Å². The molecule has 0 spiro atoms. The number of aromatic nitrogens is 9. The number of amides is 3. The Morgan fingerprint density at radius 1 is 0.383 bits per heavy atom. The molecular weight excluding hydrogens is 2070 g/mol. The molecule has 0 aliphatic carbocycles. The van der Waals surface area contributed by atoms with E-state index in [1.807, 2.05) is 97.8 Å². The van der Waals surface area contributed by atoms with Crippen molar-refractivity contribution < 1.29 is 42.9 Å². The van der Waals surface area contributed by atoms with E-state index < -0.39 is 108 Å². The van der Waals surface area contributed by atoms with Crippen LogP contribution < -0.4 is 31.4 Å². The first-order valence-corrected chi connectivity index (χ1v) is 48.2. The minimum Gasteiger partial charge on any atom is -0.506 e. The molecule has 3 amide bonds. The summed E-state index contributed by atoms with van der Waals surface area (Å²) in [5.41, 5.74) is 1.12. The molecule has 9 aromatic heterocycles. The highest BCUT2D eigenvalue weighted by Gasteiger charge is 2.42. The van der Waals surface area contributed by atoms with Crippen molar-refractivity contribution in [2.24, 2.45) is 0 Å². The van der Waals surface area contributed by atoms with Crippen molar-refractivity contribution in [3.05, 3.63) is 252 Å². The van der Waals surface area contributed by atoms with Gasteiger partial charge in [0, 0.05) is 110 Å². The van der Waals surface area contributed by atoms with Crippen LogP contribution in [0.1, 0.15) is 151 Å². The topological polar surface area (TPSA) is 346 Å². The van der Waals surface area contributed by atoms with Crippen molar-refractivity contribution in [3.8, 4) is 86.3 Å². The fourth-order valence-corrected chi connectivity index (χ4v) is 21.4. The van der Waals surface area contributed by atoms with Gasteiger partial charge in [-0.25, -0.2) is 28.1 Å². The lowest BCUT2D eigenvalue weighted by Gasteiger charge is -2.45. The molecule has 27 nitrogen and oxygen atoms in total. The number of halogens is 15. The number of rotatable bonds is 15. The predicted octanol–water partition coefficient (Wildman–Crippen LogP) is 23.5. The zero-order chi connectivity index (χ0) is 104. The van der Waals surface area contributed by atoms with Crippen LogP contribution in [-0.4, -0.2) is 167 Å². The van der Waals surface area contributed by atoms with Gasteiger partial charge in [-0.15, -0.1) is 0 Å². The molecule has 732 valence electrons. The van der Waals surface area contributed by atoms with E-state index in [2.05, 4.69) is 52.9 Å². The SMILES string of the molecule is C=CC(=O)N1[C@H](C)CN(c2c(C#N)c(=O)n(-c3c(C)ccnc3C(C)C)c3nc(-c4c(O)c(Cl)c(Cl)c(Cl)c4F)c(Cl)cc23)C[C@@H]1C.C=CC(=O)N1[C@H](C)CN(c2c(C#N)c(=O)n(-c3c(C)ccnc3C(C)C)c3nc(-c4c(O)c(Cl)c(Cl)c(Cl)c4F)c(Cl)cc23)C[C@@H]1C.C=CC(=O)N1[C@H](C)CN(c2c(C#N)c(=O)n(-c3c(C)ccnc3C(C)C)c3nc(-c4c(O)c(Cl)c(F)c(Cl)c4Cl)c(Cl)cc23)C[C@@H]1C. The van der Waals surface area contributed by atoms with Crippen molar-refractivity contribution >= 4 is 207 Å². The number of carbonyl (C=O) groups is 3. The third kappa shape index (κ3) is 18.8. The molecule has 3 aliphatic heterocycles. The van der Waals surface area contributed by atoms with Crippen LogP contribution in [0.3, 0.4) is 0 Å². The zero-order valence-electron chi connectivity index (χ0n) is 78.0. The van der Waals surface area contributed by atoms with Gasteiger partial charge < -0.3 is 44.7 Å². The molecule has 15 rings (SSSR count). The van der Waals surface area contributed by atoms with Gasteiger partial charge in [0.15, 0.2) is 17.5 Å². The predicted molar refractivity (Wildman–Crippen MR) is 552 cm³/mol. The van der Waals surface area contributed by atoms with E-state index in [0.717, 1.165) is 0 Å². The van der Waals surface area contributed by atoms with Crippen molar-refractivity contribution in [3.63, 3.8) is 0 Å². The molecule has 3 aliphatic rings. The van der Waals surface area contributed by atoms with Crippen molar-refractivity contribution in [1.29, 1.82) is 15.8 Å². The Morgan fingerprint density at radius 3 is 0.865 bits per heavy atom. The number of piperazine rings is 3. The van der Waals surface area contributed by atoms with Gasteiger partial charge in [-0.05, 0) is 151 Å². The van der Waals surface area contributed by atoms with E-state index in [9.17, 15) is 64.3 Å². The number of aryl methyl sites for hydroxylation is 3. The van der Waals surface area contributed by atoms with Gasteiger partial charge in [0.25, 0.3) is 16.7 Å². The maximum atomic E-state index is 15.7. The second-order valence-electron chi connectivity index (χ2n) is 35.1. The third-order valence-electron chi connectivity index (χ3n) is 24.8. The van der Waals surface area contributed by atoms with Crippen LogP contribution in [-0.2, 0) is 14.4 Å². The summed E-state index contributed by atoms with van der Waals surface area (Å²) >= 11 is 75.8. The summed E-state index contributed by atoms with van der Waals surface area (Å²) < 4.78 is 49.9. The Labute approximate surface area is 867 Å². The summed E-state index contributed by atoms with van der Waals surface area (Å²) in [6.45, 7) is 40.4. The molecule has 3 saturated heterocycles. The molecule has 0 saturated carbocycles. The third-order valence-corrected chi connectivity index (χ3v) is 29.4. The maximum absolute atomic E-state index is 15.7. The highest BCUT2D eigenvalue weighted by atomic mass is 35.5. The number of fused-ring (bicyclic) bond motifs is 3. The number of anilines is 3. The van der Waals surface area contributed by atoms with Crippen LogP contribution in [0.2, 0.25) is 60.3 Å². The second-order valence-corrected chi connectivity index (χ2v) is 39.8. The number of phenolic OH excluding ortho intramolecular Hbond substituents is 3. The summed E-state index contributed by atoms with van der Waals surface area (Å²) in [6.07, 6.45) is 8.62. The maximum Gasteiger partial charge on any atom is 0.276 e. The summed E-state index contributed by atoms with van der Waals surface area (Å²) in [6, 6.07) is 14.0. The molecule has 3 fully saturated rings. The number of hydrogen-bond acceptors (Lipinski definition) is 21. The smallest absolute Gasteiger partial charge is 0.276 e. The van der Waals surface area contributed by atoms with E-state index in [1.54, 1.807) is 72.3 Å². The number of aromatic hydroxyl groups is 3. The van der Waals surface area contributed by atoms with Crippen LogP contribution in [0.4, 0.5) is 30.2 Å². The standard InChI is InChI=1S/3C33H29Cl4FN6O3/c2*1-7-21(45)43-16(5)12-42(13-17(43)6)30-18-10-20(34)28(22-26(38)24(36)23(35)25(37)31(22)46)41-32(18)44(33(47)19(30)11-39)29-15(4)8-9-40-27(29)14(2)3;1-7-21(45)43-16(5)12-42(13-17(43)6)30-18-10-20(34)28(22-23(35)24(36)26(38)25(37)31(22)46)41-32(18)44(33(47)19(30)11-39)29-15(4)8-9-40-27(29)14(2)3/h3*7-10,14,16-17,46H,1,12-13H2,2-6H3/t3*16-,17+. The molecule has 0 unspecified atom stereocenters. The number of carbonyl (C=O) groups excluding carboxylic acids is 3. The second kappa shape index (κ2) is 42.1. The summed E-state index contributed by atoms with van der Waals surface area (Å²) in [4.78, 5) is 120. The van der Waals surface area contributed by atoms with E-state index in [4.69, 9.17) is 154 Å². The van der Waals surface area contributed by atoms with Gasteiger partial charge in [-0.1, -0.05) is 200 Å². The van der Waals surface area contributed by atoms with Gasteiger partial charge in [0.1, 0.15) is 84.2 Å². The number of phenols is 3. The van der Waals surface area contributed by atoms with Gasteiger partial charge in [0.05, 0.1) is 130 Å². The first-order valence-electron chi connectivity index (χ1n) is 43.7. The Bertz CT molecular complexity index is 6860. The molecule has 12 aromatic rings. The Kier molecular flexibility index (Phi) is 31.9. The molecule has 141 heavy (non-hydrogen) atoms. The number of benzene rings is 3. The number of nitrogens with zero attached hydrogens (tertiary/aromatic N) is 18. The van der Waals surface area contributed by atoms with E-state index in [-0.39, 0.29) is 199 Å². The molecular formula is C99H87Cl12F3N18O9. The first kappa shape index (κ1) is 107. The Morgan fingerprint density at radius 2 is 0.624 bits per heavy atom. The molecule has 6 atom stereocenters. The fraction of sp³-hybridized carbons (Fsp3) is 0.303. The van der Waals surface area contributed by atoms with Crippen LogP contribution >= 0.6 is 139 Å². The lowest BCUT2D eigenvalue weighted by molar-refractivity contribution is -0.131. The number of pyridine rings is 9. The van der Waals surface area contributed by atoms with Crippen LogP contribution in [0.5, 0.6) is 17.2 Å². The van der Waals surface area contributed by atoms with Gasteiger partial charge in [-0.2, -0.15) is 15.8 Å². The molecule has 0 bridgehead atoms. The highest BCUT2D eigenvalue weighted by molar-refractivity contribution is 6.51. The average molecular weight is 2160 g/mol. The molecule has 3 aromatic carbocycles. The minimum atomic E-state index is -1.13.